The summed E-state index contributed by atoms with van der Waals surface area (Å²) in [7, 11) is 0. The van der Waals surface area contributed by atoms with Gasteiger partial charge in [0.05, 0.1) is 23.2 Å². The molecule has 3 rings (SSSR count). The summed E-state index contributed by atoms with van der Waals surface area (Å²) >= 11 is 1.03. The molecular formula is C20H19N3O6S. The van der Waals surface area contributed by atoms with Gasteiger partial charge in [-0.15, -0.1) is 11.3 Å². The molecule has 0 aliphatic heterocycles. The standard InChI is InChI=1S/C20H19N3O6S/c1-4-28-19(26)12-7-5-6-8-13(12)23-14(24)9-29-20(27)16-10(2)15-17(25)21-11(3)22-18(15)30-16/h5-8H,4,9H2,1-3H3,(H,23,24)(H,21,22,25). The molecule has 0 radical (unpaired) electrons. The van der Waals surface area contributed by atoms with E-state index in [1.165, 1.54) is 6.07 Å². The minimum atomic E-state index is -0.735. The Morgan fingerprint density at radius 1 is 1.13 bits per heavy atom. The number of benzene rings is 1. The molecule has 0 atom stereocenters. The Labute approximate surface area is 175 Å². The maximum atomic E-state index is 12.4. The van der Waals surface area contributed by atoms with Gasteiger partial charge in [-0.2, -0.15) is 0 Å². The largest absolute Gasteiger partial charge is 0.462 e. The lowest BCUT2D eigenvalue weighted by atomic mass is 10.2. The summed E-state index contributed by atoms with van der Waals surface area (Å²) in [5.41, 5.74) is 0.557. The number of hydrogen-bond donors (Lipinski definition) is 2. The number of aromatic nitrogens is 2. The third kappa shape index (κ3) is 4.38. The van der Waals surface area contributed by atoms with Crippen LogP contribution in [0.1, 0.15) is 38.3 Å². The third-order valence-electron chi connectivity index (χ3n) is 4.14. The molecule has 0 unspecified atom stereocenters. The molecule has 2 heterocycles. The lowest BCUT2D eigenvalue weighted by Gasteiger charge is -2.10. The zero-order valence-electron chi connectivity index (χ0n) is 16.5. The highest BCUT2D eigenvalue weighted by molar-refractivity contribution is 7.20. The van der Waals surface area contributed by atoms with E-state index in [2.05, 4.69) is 15.3 Å². The second-order valence-electron chi connectivity index (χ2n) is 6.28. The van der Waals surface area contributed by atoms with E-state index in [0.717, 1.165) is 11.3 Å². The van der Waals surface area contributed by atoms with Crippen LogP contribution in [0.3, 0.4) is 0 Å². The zero-order valence-corrected chi connectivity index (χ0v) is 17.3. The van der Waals surface area contributed by atoms with Crippen molar-refractivity contribution in [3.8, 4) is 0 Å². The van der Waals surface area contributed by atoms with Gasteiger partial charge < -0.3 is 19.8 Å². The van der Waals surface area contributed by atoms with Gasteiger partial charge in [0.2, 0.25) is 0 Å². The molecule has 1 aromatic carbocycles. The number of nitrogens with one attached hydrogen (secondary N) is 2. The maximum Gasteiger partial charge on any atom is 0.349 e. The van der Waals surface area contributed by atoms with Gasteiger partial charge in [-0.05, 0) is 38.5 Å². The number of esters is 2. The summed E-state index contributed by atoms with van der Waals surface area (Å²) in [6.07, 6.45) is 0. The number of aromatic amines is 1. The van der Waals surface area contributed by atoms with Gasteiger partial charge in [0, 0.05) is 0 Å². The highest BCUT2D eigenvalue weighted by Crippen LogP contribution is 2.27. The predicted molar refractivity (Wildman–Crippen MR) is 111 cm³/mol. The van der Waals surface area contributed by atoms with E-state index in [4.69, 9.17) is 9.47 Å². The number of fused-ring (bicyclic) bond motifs is 1. The van der Waals surface area contributed by atoms with Crippen molar-refractivity contribution in [2.24, 2.45) is 0 Å². The van der Waals surface area contributed by atoms with Crippen LogP contribution >= 0.6 is 11.3 Å². The van der Waals surface area contributed by atoms with Crippen LogP contribution in [0.5, 0.6) is 0 Å². The molecule has 2 aromatic heterocycles. The fraction of sp³-hybridized carbons (Fsp3) is 0.250. The highest BCUT2D eigenvalue weighted by atomic mass is 32.1. The molecular weight excluding hydrogens is 410 g/mol. The molecule has 0 fully saturated rings. The number of amides is 1. The van der Waals surface area contributed by atoms with Crippen molar-refractivity contribution >= 4 is 45.1 Å². The number of ether oxygens (including phenoxy) is 2. The van der Waals surface area contributed by atoms with Crippen molar-refractivity contribution in [2.75, 3.05) is 18.5 Å². The first-order valence-corrected chi connectivity index (χ1v) is 9.86. The van der Waals surface area contributed by atoms with Gasteiger partial charge in [-0.3, -0.25) is 9.59 Å². The number of para-hydroxylation sites is 1. The summed E-state index contributed by atoms with van der Waals surface area (Å²) in [6.45, 7) is 4.58. The van der Waals surface area contributed by atoms with Gasteiger partial charge in [0.1, 0.15) is 15.5 Å². The van der Waals surface area contributed by atoms with E-state index < -0.39 is 24.5 Å². The normalized spacial score (nSPS) is 10.6. The Morgan fingerprint density at radius 3 is 2.60 bits per heavy atom. The van der Waals surface area contributed by atoms with Crippen molar-refractivity contribution in [1.82, 2.24) is 9.97 Å². The first-order chi connectivity index (χ1) is 14.3. The van der Waals surface area contributed by atoms with Gasteiger partial charge in [-0.1, -0.05) is 12.1 Å². The number of carbonyl (C=O) groups excluding carboxylic acids is 3. The highest BCUT2D eigenvalue weighted by Gasteiger charge is 2.21. The molecule has 0 aliphatic rings. The fourth-order valence-corrected chi connectivity index (χ4v) is 3.93. The van der Waals surface area contributed by atoms with Crippen molar-refractivity contribution in [3.05, 3.63) is 56.4 Å². The number of carbonyl (C=O) groups is 3. The summed E-state index contributed by atoms with van der Waals surface area (Å²) in [4.78, 5) is 56.2. The van der Waals surface area contributed by atoms with Crippen LogP contribution in [0.15, 0.2) is 29.1 Å². The molecule has 0 saturated heterocycles. The topological polar surface area (TPSA) is 127 Å². The Balaban J connectivity index is 1.70. The van der Waals surface area contributed by atoms with E-state index in [0.29, 0.717) is 21.6 Å². The number of anilines is 1. The molecule has 156 valence electrons. The molecule has 2 N–H and O–H groups in total. The molecule has 0 bridgehead atoms. The number of H-pyrrole nitrogens is 1. The number of rotatable bonds is 6. The van der Waals surface area contributed by atoms with Crippen LogP contribution in [0.4, 0.5) is 5.69 Å². The molecule has 9 nitrogen and oxygen atoms in total. The average molecular weight is 429 g/mol. The number of thiophene rings is 1. The number of hydrogen-bond acceptors (Lipinski definition) is 8. The molecule has 3 aromatic rings. The Bertz CT molecular complexity index is 1200. The third-order valence-corrected chi connectivity index (χ3v) is 5.30. The smallest absolute Gasteiger partial charge is 0.349 e. The van der Waals surface area contributed by atoms with Gasteiger partial charge in [-0.25, -0.2) is 14.6 Å². The second kappa shape index (κ2) is 8.87. The summed E-state index contributed by atoms with van der Waals surface area (Å²) in [5, 5.41) is 2.86. The van der Waals surface area contributed by atoms with E-state index >= 15 is 0 Å². The van der Waals surface area contributed by atoms with Gasteiger partial charge >= 0.3 is 11.9 Å². The van der Waals surface area contributed by atoms with Crippen LogP contribution in [0, 0.1) is 13.8 Å². The van der Waals surface area contributed by atoms with Gasteiger partial charge in [0.25, 0.3) is 11.5 Å². The average Bonchev–Trinajstić information content (AvgIpc) is 3.03. The summed E-state index contributed by atoms with van der Waals surface area (Å²) < 4.78 is 10.1. The molecule has 0 saturated carbocycles. The van der Waals surface area contributed by atoms with Crippen LogP contribution in [0.2, 0.25) is 0 Å². The first-order valence-electron chi connectivity index (χ1n) is 9.05. The Kier molecular flexibility index (Phi) is 6.26. The predicted octanol–water partition coefficient (Wildman–Crippen LogP) is 2.57. The summed E-state index contributed by atoms with van der Waals surface area (Å²) in [5.74, 6) is -1.49. The lowest BCUT2D eigenvalue weighted by Crippen LogP contribution is -2.22. The van der Waals surface area contributed by atoms with Crippen LogP contribution in [0.25, 0.3) is 10.2 Å². The molecule has 1 amide bonds. The quantitative estimate of drug-likeness (QED) is 0.577. The van der Waals surface area contributed by atoms with Crippen LogP contribution in [-0.2, 0) is 14.3 Å². The number of nitrogens with zero attached hydrogens (tertiary/aromatic N) is 1. The SMILES string of the molecule is CCOC(=O)c1ccccc1NC(=O)COC(=O)c1sc2nc(C)[nH]c(=O)c2c1C. The Hall–Kier alpha value is -3.53. The maximum absolute atomic E-state index is 12.4. The molecule has 10 heteroatoms. The fourth-order valence-electron chi connectivity index (χ4n) is 2.81. The summed E-state index contributed by atoms with van der Waals surface area (Å²) in [6, 6.07) is 6.36. The van der Waals surface area contributed by atoms with Crippen LogP contribution < -0.4 is 10.9 Å². The van der Waals surface area contributed by atoms with E-state index in [9.17, 15) is 19.2 Å². The van der Waals surface area contributed by atoms with Crippen molar-refractivity contribution in [2.45, 2.75) is 20.8 Å². The minimum Gasteiger partial charge on any atom is -0.462 e. The van der Waals surface area contributed by atoms with Crippen molar-refractivity contribution in [1.29, 1.82) is 0 Å². The lowest BCUT2D eigenvalue weighted by molar-refractivity contribution is -0.119. The molecule has 0 spiro atoms. The van der Waals surface area contributed by atoms with E-state index in [1.807, 2.05) is 0 Å². The molecule has 30 heavy (non-hydrogen) atoms. The number of aryl methyl sites for hydroxylation is 2. The van der Waals surface area contributed by atoms with Crippen LogP contribution in [-0.4, -0.2) is 41.0 Å². The zero-order chi connectivity index (χ0) is 21.8. The van der Waals surface area contributed by atoms with E-state index in [1.54, 1.807) is 39.0 Å². The second-order valence-corrected chi connectivity index (χ2v) is 7.28. The van der Waals surface area contributed by atoms with E-state index in [-0.39, 0.29) is 28.3 Å². The monoisotopic (exact) mass is 429 g/mol. The Morgan fingerprint density at radius 2 is 1.87 bits per heavy atom. The molecule has 0 aliphatic carbocycles. The first kappa shape index (κ1) is 21.2. The van der Waals surface area contributed by atoms with Gasteiger partial charge in [0.15, 0.2) is 6.61 Å². The van der Waals surface area contributed by atoms with Crippen molar-refractivity contribution < 1.29 is 23.9 Å². The minimum absolute atomic E-state index is 0.194. The van der Waals surface area contributed by atoms with Crippen molar-refractivity contribution in [3.63, 3.8) is 0 Å².